The van der Waals surface area contributed by atoms with E-state index in [0.717, 1.165) is 48.9 Å². The van der Waals surface area contributed by atoms with E-state index in [9.17, 15) is 19.1 Å². The number of H-pyrrole nitrogens is 1. The highest BCUT2D eigenvalue weighted by atomic mass is 19.1. The number of aromatic nitrogens is 2. The van der Waals surface area contributed by atoms with Crippen molar-refractivity contribution in [1.82, 2.24) is 15.5 Å². The lowest BCUT2D eigenvalue weighted by Gasteiger charge is -2.30. The maximum absolute atomic E-state index is 14.2. The van der Waals surface area contributed by atoms with Crippen LogP contribution >= 0.6 is 0 Å². The first kappa shape index (κ1) is 22.5. The van der Waals surface area contributed by atoms with E-state index >= 15 is 0 Å². The van der Waals surface area contributed by atoms with E-state index in [-0.39, 0.29) is 24.7 Å². The van der Waals surface area contributed by atoms with Crippen molar-refractivity contribution in [3.8, 4) is 11.1 Å². The third kappa shape index (κ3) is 4.70. The topological polar surface area (TPSA) is 107 Å². The van der Waals surface area contributed by atoms with Crippen LogP contribution < -0.4 is 10.6 Å². The molecule has 32 heavy (non-hydrogen) atoms. The SMILES string of the molecule is Cc1[nH]nc(C(C)O)c1-c1ccc(NC(=O)C(NC(=O)C2(F)CC2)C2CCCCC2)cc1. The van der Waals surface area contributed by atoms with Crippen molar-refractivity contribution < 1.29 is 19.1 Å². The summed E-state index contributed by atoms with van der Waals surface area (Å²) < 4.78 is 14.2. The molecular weight excluding hydrogens is 411 g/mol. The van der Waals surface area contributed by atoms with Crippen LogP contribution in [0.5, 0.6) is 0 Å². The number of nitrogens with zero attached hydrogens (tertiary/aromatic N) is 1. The summed E-state index contributed by atoms with van der Waals surface area (Å²) in [6.07, 6.45) is 4.57. The first-order valence-corrected chi connectivity index (χ1v) is 11.4. The predicted molar refractivity (Wildman–Crippen MR) is 120 cm³/mol. The molecule has 1 aromatic carbocycles. The first-order valence-electron chi connectivity index (χ1n) is 11.4. The van der Waals surface area contributed by atoms with Gasteiger partial charge in [0, 0.05) is 16.9 Å². The lowest BCUT2D eigenvalue weighted by Crippen LogP contribution is -2.51. The highest BCUT2D eigenvalue weighted by molar-refractivity contribution is 5.99. The van der Waals surface area contributed by atoms with E-state index in [0.29, 0.717) is 11.4 Å². The number of halogens is 1. The van der Waals surface area contributed by atoms with Gasteiger partial charge in [-0.05, 0) is 63.1 Å². The van der Waals surface area contributed by atoms with Gasteiger partial charge < -0.3 is 15.7 Å². The Balaban J connectivity index is 1.49. The van der Waals surface area contributed by atoms with E-state index in [4.69, 9.17) is 0 Å². The van der Waals surface area contributed by atoms with Crippen LogP contribution in [0.4, 0.5) is 10.1 Å². The molecule has 0 spiro atoms. The molecule has 0 saturated heterocycles. The van der Waals surface area contributed by atoms with Crippen LogP contribution in [-0.4, -0.2) is 38.8 Å². The van der Waals surface area contributed by atoms with Crippen LogP contribution in [0.25, 0.3) is 11.1 Å². The Bertz CT molecular complexity index is 976. The highest BCUT2D eigenvalue weighted by Gasteiger charge is 2.52. The molecule has 1 aromatic heterocycles. The van der Waals surface area contributed by atoms with E-state index in [1.54, 1.807) is 19.1 Å². The van der Waals surface area contributed by atoms with Crippen LogP contribution in [0.2, 0.25) is 0 Å². The smallest absolute Gasteiger partial charge is 0.258 e. The van der Waals surface area contributed by atoms with Gasteiger partial charge in [0.1, 0.15) is 6.04 Å². The second kappa shape index (κ2) is 9.02. The largest absolute Gasteiger partial charge is 0.387 e. The van der Waals surface area contributed by atoms with Gasteiger partial charge in [-0.3, -0.25) is 14.7 Å². The lowest BCUT2D eigenvalue weighted by atomic mass is 9.83. The molecular formula is C24H31FN4O3. The van der Waals surface area contributed by atoms with Crippen LogP contribution in [0.15, 0.2) is 24.3 Å². The van der Waals surface area contributed by atoms with Crippen molar-refractivity contribution in [2.75, 3.05) is 5.32 Å². The van der Waals surface area contributed by atoms with Gasteiger partial charge in [-0.15, -0.1) is 0 Å². The monoisotopic (exact) mass is 442 g/mol. The van der Waals surface area contributed by atoms with E-state index in [1.165, 1.54) is 0 Å². The summed E-state index contributed by atoms with van der Waals surface area (Å²) in [5.41, 5.74) is 1.91. The normalized spacial score (nSPS) is 19.8. The number of aryl methyl sites for hydroxylation is 1. The molecule has 1 heterocycles. The van der Waals surface area contributed by atoms with Crippen LogP contribution in [0, 0.1) is 12.8 Å². The minimum Gasteiger partial charge on any atom is -0.387 e. The number of carbonyl (C=O) groups excluding carboxylic acids is 2. The zero-order valence-corrected chi connectivity index (χ0v) is 18.6. The lowest BCUT2D eigenvalue weighted by molar-refractivity contribution is -0.132. The quantitative estimate of drug-likeness (QED) is 0.521. The molecule has 2 aliphatic carbocycles. The van der Waals surface area contributed by atoms with Crippen LogP contribution in [0.1, 0.15) is 69.4 Å². The number of alkyl halides is 1. The number of benzene rings is 1. The molecule has 2 amide bonds. The second-order valence-corrected chi connectivity index (χ2v) is 9.17. The van der Waals surface area contributed by atoms with E-state index in [1.807, 2.05) is 19.1 Å². The molecule has 172 valence electrons. The van der Waals surface area contributed by atoms with Gasteiger partial charge in [-0.25, -0.2) is 4.39 Å². The Morgan fingerprint density at radius 2 is 1.84 bits per heavy atom. The average Bonchev–Trinajstić information content (AvgIpc) is 3.42. The van der Waals surface area contributed by atoms with Gasteiger partial charge in [-0.1, -0.05) is 31.4 Å². The number of anilines is 1. The summed E-state index contributed by atoms with van der Waals surface area (Å²) >= 11 is 0. The molecule has 4 rings (SSSR count). The minimum absolute atomic E-state index is 0.0107. The molecule has 2 aromatic rings. The fourth-order valence-corrected chi connectivity index (χ4v) is 4.53. The Morgan fingerprint density at radius 1 is 1.19 bits per heavy atom. The van der Waals surface area contributed by atoms with E-state index in [2.05, 4.69) is 20.8 Å². The highest BCUT2D eigenvalue weighted by Crippen LogP contribution is 2.40. The van der Waals surface area contributed by atoms with Gasteiger partial charge in [-0.2, -0.15) is 5.10 Å². The van der Waals surface area contributed by atoms with Gasteiger partial charge in [0.25, 0.3) is 5.91 Å². The van der Waals surface area contributed by atoms with Crippen molar-refractivity contribution in [2.45, 2.75) is 76.6 Å². The molecule has 2 aliphatic rings. The van der Waals surface area contributed by atoms with Gasteiger partial charge in [0.05, 0.1) is 11.8 Å². The number of rotatable bonds is 7. The molecule has 0 radical (unpaired) electrons. The van der Waals surface area contributed by atoms with Crippen LogP contribution in [0.3, 0.4) is 0 Å². The summed E-state index contributed by atoms with van der Waals surface area (Å²) in [6, 6.07) is 6.53. The molecule has 0 bridgehead atoms. The Labute approximate surface area is 187 Å². The number of nitrogens with one attached hydrogen (secondary N) is 3. The molecule has 0 aliphatic heterocycles. The van der Waals surface area contributed by atoms with Crippen molar-refractivity contribution in [1.29, 1.82) is 0 Å². The van der Waals surface area contributed by atoms with Gasteiger partial charge in [0.15, 0.2) is 5.67 Å². The summed E-state index contributed by atoms with van der Waals surface area (Å²) in [5.74, 6) is -0.970. The number of amides is 2. The number of aliphatic hydroxyl groups is 1. The third-order valence-electron chi connectivity index (χ3n) is 6.60. The molecule has 2 atom stereocenters. The fourth-order valence-electron chi connectivity index (χ4n) is 4.53. The number of aliphatic hydroxyl groups excluding tert-OH is 1. The zero-order valence-electron chi connectivity index (χ0n) is 18.6. The predicted octanol–water partition coefficient (Wildman–Crippen LogP) is 3.94. The van der Waals surface area contributed by atoms with Gasteiger partial charge >= 0.3 is 0 Å². The molecule has 7 nitrogen and oxygen atoms in total. The maximum atomic E-state index is 14.2. The second-order valence-electron chi connectivity index (χ2n) is 9.17. The maximum Gasteiger partial charge on any atom is 0.258 e. The average molecular weight is 443 g/mol. The van der Waals surface area contributed by atoms with Crippen molar-refractivity contribution in [2.24, 2.45) is 5.92 Å². The number of aromatic amines is 1. The van der Waals surface area contributed by atoms with Crippen LogP contribution in [-0.2, 0) is 9.59 Å². The summed E-state index contributed by atoms with van der Waals surface area (Å²) in [7, 11) is 0. The summed E-state index contributed by atoms with van der Waals surface area (Å²) in [4.78, 5) is 25.4. The van der Waals surface area contributed by atoms with Crippen molar-refractivity contribution in [3.05, 3.63) is 35.7 Å². The van der Waals surface area contributed by atoms with Crippen molar-refractivity contribution >= 4 is 17.5 Å². The fraction of sp³-hybridized carbons (Fsp3) is 0.542. The van der Waals surface area contributed by atoms with Gasteiger partial charge in [0.2, 0.25) is 5.91 Å². The molecule has 4 N–H and O–H groups in total. The third-order valence-corrected chi connectivity index (χ3v) is 6.60. The number of hydrogen-bond donors (Lipinski definition) is 4. The summed E-state index contributed by atoms with van der Waals surface area (Å²) in [5, 5.41) is 22.6. The molecule has 8 heteroatoms. The minimum atomic E-state index is -1.81. The number of hydrogen-bond acceptors (Lipinski definition) is 4. The van der Waals surface area contributed by atoms with Crippen molar-refractivity contribution in [3.63, 3.8) is 0 Å². The first-order chi connectivity index (χ1) is 15.3. The molecule has 2 fully saturated rings. The Morgan fingerprint density at radius 3 is 2.44 bits per heavy atom. The molecule has 2 unspecified atom stereocenters. The number of carbonyl (C=O) groups is 2. The molecule has 2 saturated carbocycles. The Kier molecular flexibility index (Phi) is 6.33. The van der Waals surface area contributed by atoms with E-state index < -0.39 is 23.7 Å². The Hall–Kier alpha value is -2.74. The zero-order chi connectivity index (χ0) is 22.9. The summed E-state index contributed by atoms with van der Waals surface area (Å²) in [6.45, 7) is 3.55. The standard InChI is InChI=1S/C24H31FN4O3/c1-14-19(20(15(2)30)29-28-14)16-8-10-18(11-9-16)26-22(31)21(17-6-4-3-5-7-17)27-23(32)24(25)12-13-24/h8-11,15,17,21,30H,3-7,12-13H2,1-2H3,(H,26,31)(H,27,32)(H,28,29).